The molecule has 0 radical (unpaired) electrons. The maximum Gasteiger partial charge on any atom is 0.192 e. The first-order chi connectivity index (χ1) is 28.2. The lowest BCUT2D eigenvalue weighted by atomic mass is 10.1. The van der Waals surface area contributed by atoms with Crippen LogP contribution in [0, 0.1) is 0 Å². The molecule has 1 fully saturated rings. The van der Waals surface area contributed by atoms with Gasteiger partial charge in [0.25, 0.3) is 0 Å². The Morgan fingerprint density at radius 1 is 0.667 bits per heavy atom. The quantitative estimate of drug-likeness (QED) is 0.0352. The lowest BCUT2D eigenvalue weighted by molar-refractivity contribution is -0.185. The monoisotopic (exact) mass is 988 g/mol. The number of hydrogen-bond acceptors (Lipinski definition) is 12. The van der Waals surface area contributed by atoms with Gasteiger partial charge in [-0.25, -0.2) is 0 Å². The summed E-state index contributed by atoms with van der Waals surface area (Å²) >= 11 is 28.3. The molecular formula is C42H89Cl5O12Si. The number of aliphatic hydroxyl groups is 4. The molecule has 1 aliphatic rings. The van der Waals surface area contributed by atoms with E-state index in [1.54, 1.807) is 7.11 Å². The van der Waals surface area contributed by atoms with E-state index in [0.717, 1.165) is 38.7 Å². The van der Waals surface area contributed by atoms with Crippen molar-refractivity contribution in [1.29, 1.82) is 0 Å². The molecule has 7 atom stereocenters. The average Bonchev–Trinajstić information content (AvgIpc) is 3.19. The third-order valence-electron chi connectivity index (χ3n) is 8.75. The van der Waals surface area contributed by atoms with Crippen LogP contribution < -0.4 is 0 Å². The van der Waals surface area contributed by atoms with Crippen molar-refractivity contribution < 1.29 is 58.0 Å². The fourth-order valence-electron chi connectivity index (χ4n) is 4.64. The van der Waals surface area contributed by atoms with E-state index < -0.39 is 8.32 Å². The van der Waals surface area contributed by atoms with Crippen LogP contribution >= 0.6 is 58.0 Å². The molecule has 1 aliphatic heterocycles. The maximum atomic E-state index is 8.84. The second-order valence-corrected chi connectivity index (χ2v) is 22.8. The smallest absolute Gasteiger partial charge is 0.192 e. The number of halogens is 5. The van der Waals surface area contributed by atoms with Crippen molar-refractivity contribution in [1.82, 2.24) is 0 Å². The van der Waals surface area contributed by atoms with Crippen molar-refractivity contribution in [3.63, 3.8) is 0 Å². The van der Waals surface area contributed by atoms with Gasteiger partial charge in [0.05, 0.1) is 36.1 Å². The molecule has 1 saturated heterocycles. The Hall–Kier alpha value is 1.19. The standard InChI is InChI=1S/C10H23ClO2Si.C9H17ClO3.C9H19ClO.C8H17ClO3.C6H13ClO3/c1-10(2,3)14(4,5)13-9(8-11)6-7-12;10-7-8(4-5-11)13-9-3-1-2-6-12-9;1-5-6-8(7-10)11-9(2,3)4;1-3-11-7(2)12-8(6-9)4-5-10;1-9-5-10-6(4-7)2-3-8/h9,12H,6-8H2,1-5H3;8-9,11H,1-7H2;8H,5-7H2,1-4H3;7-8,10H,3-6H2,1-2H3;6,8H,2-5H2,1H3/t9-;8-,9?;8-;7?,8-;6-/m00000/s1. The van der Waals surface area contributed by atoms with Crippen LogP contribution in [0.3, 0.4) is 0 Å². The SMILES string of the molecule is CC(C)(C)[Si](C)(C)O[C@H](CCl)CCO.CCC[C@@H](CCl)OC(C)(C)C.CCOC(C)O[C@H](CCl)CCO.COCO[C@H](CCl)CCO.OCC[C@@H](CCl)OC1CCCCO1. The van der Waals surface area contributed by atoms with Crippen molar-refractivity contribution >= 4 is 66.3 Å². The number of aliphatic hydroxyl groups excluding tert-OH is 4. The van der Waals surface area contributed by atoms with Gasteiger partial charge in [0.1, 0.15) is 6.79 Å². The van der Waals surface area contributed by atoms with Crippen molar-refractivity contribution in [3.8, 4) is 0 Å². The van der Waals surface area contributed by atoms with Gasteiger partial charge in [-0.15, -0.1) is 58.0 Å². The fourth-order valence-corrected chi connectivity index (χ4v) is 7.26. The lowest BCUT2D eigenvalue weighted by Crippen LogP contribution is -2.44. The molecule has 2 unspecified atom stereocenters. The fraction of sp³-hybridized carbons (Fsp3) is 1.00. The van der Waals surface area contributed by atoms with E-state index in [9.17, 15) is 0 Å². The molecule has 0 spiro atoms. The summed E-state index contributed by atoms with van der Waals surface area (Å²) < 4.78 is 42.9. The third kappa shape index (κ3) is 43.1. The molecule has 0 aromatic heterocycles. The summed E-state index contributed by atoms with van der Waals surface area (Å²) in [4.78, 5) is 0. The Morgan fingerprint density at radius 3 is 1.53 bits per heavy atom. The molecular weight excluding hydrogens is 902 g/mol. The van der Waals surface area contributed by atoms with Gasteiger partial charge in [-0.3, -0.25) is 0 Å². The first kappa shape index (κ1) is 67.8. The predicted molar refractivity (Wildman–Crippen MR) is 253 cm³/mol. The Bertz CT molecular complexity index is 869. The molecule has 12 nitrogen and oxygen atoms in total. The summed E-state index contributed by atoms with van der Waals surface area (Å²) in [5.74, 6) is 2.26. The predicted octanol–water partition coefficient (Wildman–Crippen LogP) is 9.70. The van der Waals surface area contributed by atoms with E-state index in [2.05, 4.69) is 66.3 Å². The average molecular weight is 992 g/mol. The minimum atomic E-state index is -1.72. The van der Waals surface area contributed by atoms with E-state index in [-0.39, 0.29) is 87.0 Å². The number of ether oxygens (including phenoxy) is 7. The van der Waals surface area contributed by atoms with Crippen molar-refractivity contribution in [2.45, 2.75) is 187 Å². The summed E-state index contributed by atoms with van der Waals surface area (Å²) in [5.41, 5.74) is -0.0608. The Morgan fingerprint density at radius 2 is 1.15 bits per heavy atom. The van der Waals surface area contributed by atoms with Gasteiger partial charge in [-0.05, 0) is 104 Å². The van der Waals surface area contributed by atoms with Crippen LogP contribution in [0.15, 0.2) is 0 Å². The van der Waals surface area contributed by atoms with Gasteiger partial charge in [0.15, 0.2) is 20.9 Å². The van der Waals surface area contributed by atoms with Crippen molar-refractivity contribution in [3.05, 3.63) is 0 Å². The highest BCUT2D eigenvalue weighted by Crippen LogP contribution is 2.37. The van der Waals surface area contributed by atoms with Gasteiger partial charge in [-0.2, -0.15) is 0 Å². The second-order valence-electron chi connectivity index (χ2n) is 16.5. The first-order valence-electron chi connectivity index (χ1n) is 21.4. The highest BCUT2D eigenvalue weighted by molar-refractivity contribution is 6.74. The highest BCUT2D eigenvalue weighted by Gasteiger charge is 2.38. The molecule has 0 aromatic rings. The molecule has 4 N–H and O–H groups in total. The minimum absolute atomic E-state index is 0.00237. The van der Waals surface area contributed by atoms with E-state index in [1.165, 1.54) is 0 Å². The summed E-state index contributed by atoms with van der Waals surface area (Å²) in [6.45, 7) is 25.1. The number of rotatable bonds is 27. The Balaban J connectivity index is -0.000000328. The Kier molecular flexibility index (Phi) is 49.8. The number of methoxy groups -OCH3 is 1. The third-order valence-corrected chi connectivity index (χ3v) is 15.0. The van der Waals surface area contributed by atoms with Crippen LogP contribution in [0.2, 0.25) is 18.1 Å². The summed E-state index contributed by atoms with van der Waals surface area (Å²) in [6, 6.07) is 0. The van der Waals surface area contributed by atoms with Gasteiger partial charge in [0, 0.05) is 76.2 Å². The summed E-state index contributed by atoms with van der Waals surface area (Å²) in [5, 5.41) is 34.9. The molecule has 0 aliphatic carbocycles. The lowest BCUT2D eigenvalue weighted by Gasteiger charge is -2.38. The second kappa shape index (κ2) is 44.0. The van der Waals surface area contributed by atoms with Crippen molar-refractivity contribution in [2.75, 3.05) is 82.9 Å². The zero-order valence-corrected chi connectivity index (χ0v) is 44.1. The molecule has 60 heavy (non-hydrogen) atoms. The van der Waals surface area contributed by atoms with Crippen LogP contribution in [-0.2, 0) is 37.6 Å². The topological polar surface area (TPSA) is 155 Å². The molecule has 1 heterocycles. The van der Waals surface area contributed by atoms with Crippen LogP contribution in [0.1, 0.15) is 120 Å². The molecule has 1 rings (SSSR count). The molecule has 368 valence electrons. The van der Waals surface area contributed by atoms with Gasteiger partial charge < -0.3 is 58.0 Å². The van der Waals surface area contributed by atoms with E-state index >= 15 is 0 Å². The minimum Gasteiger partial charge on any atom is -0.413 e. The maximum absolute atomic E-state index is 8.84. The first-order valence-corrected chi connectivity index (χ1v) is 27.0. The molecule has 0 aromatic carbocycles. The molecule has 0 saturated carbocycles. The number of hydrogen-bond donors (Lipinski definition) is 4. The highest BCUT2D eigenvalue weighted by atomic mass is 35.5. The van der Waals surface area contributed by atoms with Crippen LogP contribution in [0.25, 0.3) is 0 Å². The van der Waals surface area contributed by atoms with Gasteiger partial charge >= 0.3 is 0 Å². The summed E-state index contributed by atoms with van der Waals surface area (Å²) in [7, 11) is -0.176. The van der Waals surface area contributed by atoms with Crippen LogP contribution in [0.5, 0.6) is 0 Å². The molecule has 0 bridgehead atoms. The van der Waals surface area contributed by atoms with Crippen molar-refractivity contribution in [2.24, 2.45) is 0 Å². The van der Waals surface area contributed by atoms with Crippen LogP contribution in [-0.4, -0.2) is 160 Å². The zero-order valence-electron chi connectivity index (χ0n) is 39.3. The Labute approximate surface area is 392 Å². The number of alkyl halides is 5. The van der Waals surface area contributed by atoms with E-state index in [4.69, 9.17) is 111 Å². The molecule has 18 heteroatoms. The van der Waals surface area contributed by atoms with E-state index in [0.29, 0.717) is 61.7 Å². The molecule has 0 amide bonds. The van der Waals surface area contributed by atoms with Crippen LogP contribution in [0.4, 0.5) is 0 Å². The van der Waals surface area contributed by atoms with E-state index in [1.807, 2.05) is 13.8 Å². The van der Waals surface area contributed by atoms with Gasteiger partial charge in [0.2, 0.25) is 0 Å². The normalized spacial score (nSPS) is 17.4. The summed E-state index contributed by atoms with van der Waals surface area (Å²) in [6.07, 6.45) is 7.34. The van der Waals surface area contributed by atoms with Gasteiger partial charge in [-0.1, -0.05) is 34.1 Å². The zero-order chi connectivity index (χ0) is 47.0. The largest absolute Gasteiger partial charge is 0.413 e.